The lowest BCUT2D eigenvalue weighted by Gasteiger charge is -2.21. The van der Waals surface area contributed by atoms with Gasteiger partial charge in [-0.2, -0.15) is 0 Å². The van der Waals surface area contributed by atoms with Crippen molar-refractivity contribution in [2.45, 2.75) is 50.1 Å². The Morgan fingerprint density at radius 3 is 0.889 bits per heavy atom. The molecule has 4 aliphatic carbocycles. The summed E-state index contributed by atoms with van der Waals surface area (Å²) in [7, 11) is 0. The number of aliphatic hydroxyl groups excluding tert-OH is 4. The van der Waals surface area contributed by atoms with Crippen molar-refractivity contribution in [3.05, 3.63) is 0 Å². The molecule has 4 heteroatoms. The molecule has 0 amide bonds. The van der Waals surface area contributed by atoms with Crippen LogP contribution >= 0.6 is 0 Å². The standard InChI is InChI=1S/C14H22O4/c15-9-1-5-6(2-10(9)16)13(5)14-7-3-11(17)12(18)4-8(7)14/h5-18H,1-4H2/t5-,6+,7-,8+,9+,10-,11+,12-,13?,14?. The van der Waals surface area contributed by atoms with Crippen LogP contribution in [-0.2, 0) is 0 Å². The molecular formula is C14H22O4. The Labute approximate surface area is 107 Å². The minimum atomic E-state index is -0.534. The van der Waals surface area contributed by atoms with Crippen molar-refractivity contribution >= 4 is 0 Å². The van der Waals surface area contributed by atoms with E-state index in [2.05, 4.69) is 0 Å². The highest BCUT2D eigenvalue weighted by atomic mass is 16.3. The zero-order valence-corrected chi connectivity index (χ0v) is 10.4. The van der Waals surface area contributed by atoms with E-state index in [4.69, 9.17) is 0 Å². The minimum absolute atomic E-state index is 0.534. The zero-order valence-electron chi connectivity index (χ0n) is 10.4. The van der Waals surface area contributed by atoms with Crippen LogP contribution < -0.4 is 0 Å². The molecule has 4 rings (SSSR count). The Bertz CT molecular complexity index is 294. The van der Waals surface area contributed by atoms with Gasteiger partial charge in [0.2, 0.25) is 0 Å². The van der Waals surface area contributed by atoms with Crippen LogP contribution in [0.25, 0.3) is 0 Å². The van der Waals surface area contributed by atoms with Crippen molar-refractivity contribution < 1.29 is 20.4 Å². The summed E-state index contributed by atoms with van der Waals surface area (Å²) in [5.74, 6) is 3.65. The van der Waals surface area contributed by atoms with E-state index < -0.39 is 24.4 Å². The molecule has 0 spiro atoms. The highest BCUT2D eigenvalue weighted by Gasteiger charge is 2.68. The molecule has 4 saturated carbocycles. The average Bonchev–Trinajstić information content (AvgIpc) is 3.16. The van der Waals surface area contributed by atoms with E-state index >= 15 is 0 Å². The van der Waals surface area contributed by atoms with E-state index in [1.165, 1.54) is 0 Å². The van der Waals surface area contributed by atoms with Gasteiger partial charge in [-0.15, -0.1) is 0 Å². The molecule has 0 aliphatic heterocycles. The van der Waals surface area contributed by atoms with Crippen molar-refractivity contribution in [2.75, 3.05) is 0 Å². The normalized spacial score (nSPS) is 66.0. The molecule has 0 aromatic heterocycles. The molecule has 0 bridgehead atoms. The smallest absolute Gasteiger partial charge is 0.0802 e. The highest BCUT2D eigenvalue weighted by Crippen LogP contribution is 2.71. The van der Waals surface area contributed by atoms with Crippen LogP contribution in [0.2, 0.25) is 0 Å². The molecule has 4 fully saturated rings. The summed E-state index contributed by atoms with van der Waals surface area (Å²) in [6.07, 6.45) is 0.854. The number of hydrogen-bond donors (Lipinski definition) is 4. The first-order chi connectivity index (χ1) is 8.58. The molecule has 4 aliphatic rings. The van der Waals surface area contributed by atoms with Crippen molar-refractivity contribution in [3.8, 4) is 0 Å². The molecule has 0 radical (unpaired) electrons. The topological polar surface area (TPSA) is 80.9 Å². The quantitative estimate of drug-likeness (QED) is 0.520. The highest BCUT2D eigenvalue weighted by molar-refractivity contribution is 5.16. The summed E-state index contributed by atoms with van der Waals surface area (Å²) in [5.41, 5.74) is 0. The second-order valence-electron chi connectivity index (χ2n) is 7.02. The fraction of sp³-hybridized carbons (Fsp3) is 1.00. The van der Waals surface area contributed by atoms with Gasteiger partial charge in [0.25, 0.3) is 0 Å². The summed E-state index contributed by atoms with van der Waals surface area (Å²) < 4.78 is 0. The predicted octanol–water partition coefficient (Wildman–Crippen LogP) is -0.258. The van der Waals surface area contributed by atoms with Gasteiger partial charge in [0.1, 0.15) is 0 Å². The van der Waals surface area contributed by atoms with Crippen LogP contribution in [0.4, 0.5) is 0 Å². The Balaban J connectivity index is 1.43. The summed E-state index contributed by atoms with van der Waals surface area (Å²) in [6.45, 7) is 0. The van der Waals surface area contributed by atoms with Gasteiger partial charge in [-0.25, -0.2) is 0 Å². The summed E-state index contributed by atoms with van der Waals surface area (Å²) in [6, 6.07) is 0. The lowest BCUT2D eigenvalue weighted by Crippen LogP contribution is -2.30. The monoisotopic (exact) mass is 254 g/mol. The summed E-state index contributed by atoms with van der Waals surface area (Å²) in [5, 5.41) is 38.8. The first-order valence-corrected chi connectivity index (χ1v) is 7.30. The lowest BCUT2D eigenvalue weighted by atomic mass is 9.95. The molecule has 0 aromatic rings. The third-order valence-electron chi connectivity index (χ3n) is 6.18. The van der Waals surface area contributed by atoms with Crippen LogP contribution in [-0.4, -0.2) is 44.8 Å². The number of rotatable bonds is 1. The van der Waals surface area contributed by atoms with Gasteiger partial charge in [-0.1, -0.05) is 0 Å². The average molecular weight is 254 g/mol. The minimum Gasteiger partial charge on any atom is -0.390 e. The van der Waals surface area contributed by atoms with Gasteiger partial charge in [0.05, 0.1) is 24.4 Å². The summed E-state index contributed by atoms with van der Waals surface area (Å²) >= 11 is 0. The predicted molar refractivity (Wildman–Crippen MR) is 63.4 cm³/mol. The van der Waals surface area contributed by atoms with Crippen LogP contribution in [0.3, 0.4) is 0 Å². The van der Waals surface area contributed by atoms with Gasteiger partial charge in [0.15, 0.2) is 0 Å². The number of aliphatic hydroxyl groups is 4. The van der Waals surface area contributed by atoms with Crippen LogP contribution in [0.1, 0.15) is 25.7 Å². The van der Waals surface area contributed by atoms with Crippen LogP contribution in [0.15, 0.2) is 0 Å². The molecule has 102 valence electrons. The Morgan fingerprint density at radius 1 is 0.444 bits per heavy atom. The van der Waals surface area contributed by atoms with E-state index in [0.717, 1.165) is 25.7 Å². The summed E-state index contributed by atoms with van der Waals surface area (Å²) in [4.78, 5) is 0. The van der Waals surface area contributed by atoms with Gasteiger partial charge in [-0.3, -0.25) is 0 Å². The van der Waals surface area contributed by atoms with Gasteiger partial charge >= 0.3 is 0 Å². The number of fused-ring (bicyclic) bond motifs is 2. The Kier molecular flexibility index (Phi) is 2.39. The van der Waals surface area contributed by atoms with Crippen molar-refractivity contribution in [1.29, 1.82) is 0 Å². The fourth-order valence-electron chi connectivity index (χ4n) is 5.16. The molecule has 4 N–H and O–H groups in total. The van der Waals surface area contributed by atoms with Crippen molar-refractivity contribution in [3.63, 3.8) is 0 Å². The van der Waals surface area contributed by atoms with Gasteiger partial charge in [0, 0.05) is 0 Å². The number of hydrogen-bond acceptors (Lipinski definition) is 4. The second-order valence-corrected chi connectivity index (χ2v) is 7.02. The Morgan fingerprint density at radius 2 is 0.667 bits per heavy atom. The molecule has 18 heavy (non-hydrogen) atoms. The van der Waals surface area contributed by atoms with Crippen LogP contribution in [0.5, 0.6) is 0 Å². The van der Waals surface area contributed by atoms with Crippen LogP contribution in [0, 0.1) is 35.5 Å². The third kappa shape index (κ3) is 1.52. The maximum Gasteiger partial charge on any atom is 0.0802 e. The lowest BCUT2D eigenvalue weighted by molar-refractivity contribution is -0.0119. The molecular weight excluding hydrogens is 232 g/mol. The first-order valence-electron chi connectivity index (χ1n) is 7.30. The van der Waals surface area contributed by atoms with Gasteiger partial charge < -0.3 is 20.4 Å². The molecule has 4 nitrogen and oxygen atoms in total. The molecule has 0 heterocycles. The SMILES string of the molecule is O[C@@H]1C[C@@H]2C(C3[C@H]4C[C@@H](O)[C@@H](O)C[C@@H]34)[C@@H]2C[C@@H]1O. The molecule has 2 unspecified atom stereocenters. The van der Waals surface area contributed by atoms with Crippen molar-refractivity contribution in [2.24, 2.45) is 35.5 Å². The van der Waals surface area contributed by atoms with Crippen molar-refractivity contribution in [1.82, 2.24) is 0 Å². The van der Waals surface area contributed by atoms with E-state index in [1.807, 2.05) is 0 Å². The fourth-order valence-corrected chi connectivity index (χ4v) is 5.16. The van der Waals surface area contributed by atoms with E-state index in [0.29, 0.717) is 35.5 Å². The third-order valence-corrected chi connectivity index (χ3v) is 6.18. The molecule has 0 aromatic carbocycles. The Hall–Kier alpha value is -0.160. The van der Waals surface area contributed by atoms with E-state index in [9.17, 15) is 20.4 Å². The maximum absolute atomic E-state index is 9.71. The maximum atomic E-state index is 9.71. The van der Waals surface area contributed by atoms with E-state index in [-0.39, 0.29) is 0 Å². The largest absolute Gasteiger partial charge is 0.390 e. The van der Waals surface area contributed by atoms with Gasteiger partial charge in [-0.05, 0) is 61.2 Å². The molecule has 0 saturated heterocycles. The molecule has 10 atom stereocenters. The van der Waals surface area contributed by atoms with E-state index in [1.54, 1.807) is 0 Å². The first kappa shape index (κ1) is 11.6. The zero-order chi connectivity index (χ0) is 12.6. The second kappa shape index (κ2) is 3.69.